The van der Waals surface area contributed by atoms with Gasteiger partial charge in [-0.2, -0.15) is 0 Å². The zero-order chi connectivity index (χ0) is 20.6. The van der Waals surface area contributed by atoms with Crippen LogP contribution in [0.5, 0.6) is 0 Å². The Balaban J connectivity index is 1.89. The van der Waals surface area contributed by atoms with Crippen molar-refractivity contribution in [1.82, 2.24) is 19.9 Å². The SMILES string of the molecule is CCCC1=CCCCCC12NC(=O)c1c(C)cc(Nc3cc(N)ncn3)c(=O)n12. The number of hydrogen-bond donors (Lipinski definition) is 3. The molecule has 152 valence electrons. The fourth-order valence-electron chi connectivity index (χ4n) is 4.47. The van der Waals surface area contributed by atoms with Gasteiger partial charge in [-0.05, 0) is 56.2 Å². The molecule has 0 fully saturated rings. The molecule has 0 aromatic carbocycles. The van der Waals surface area contributed by atoms with Crippen LogP contribution in [0.2, 0.25) is 0 Å². The molecule has 1 amide bonds. The van der Waals surface area contributed by atoms with Gasteiger partial charge in [-0.3, -0.25) is 14.2 Å². The minimum absolute atomic E-state index is 0.193. The Kier molecular flexibility index (Phi) is 4.86. The van der Waals surface area contributed by atoms with Gasteiger partial charge >= 0.3 is 0 Å². The molecule has 0 saturated heterocycles. The molecule has 8 heteroatoms. The van der Waals surface area contributed by atoms with Crippen LogP contribution in [0.15, 0.2) is 34.9 Å². The van der Waals surface area contributed by atoms with E-state index in [0.29, 0.717) is 29.4 Å². The van der Waals surface area contributed by atoms with E-state index >= 15 is 0 Å². The summed E-state index contributed by atoms with van der Waals surface area (Å²) in [6.45, 7) is 3.96. The van der Waals surface area contributed by atoms with Crippen LogP contribution >= 0.6 is 0 Å². The molecule has 1 unspecified atom stereocenters. The van der Waals surface area contributed by atoms with E-state index in [1.807, 2.05) is 6.92 Å². The Morgan fingerprint density at radius 1 is 1.28 bits per heavy atom. The molecule has 4 rings (SSSR count). The Morgan fingerprint density at radius 2 is 2.10 bits per heavy atom. The van der Waals surface area contributed by atoms with Gasteiger partial charge in [0.05, 0.1) is 0 Å². The van der Waals surface area contributed by atoms with E-state index in [4.69, 9.17) is 5.73 Å². The van der Waals surface area contributed by atoms with E-state index in [1.54, 1.807) is 16.7 Å². The number of fused-ring (bicyclic) bond motifs is 2. The van der Waals surface area contributed by atoms with Crippen LogP contribution in [0.1, 0.15) is 61.5 Å². The van der Waals surface area contributed by atoms with Crippen LogP contribution in [0.4, 0.5) is 17.3 Å². The summed E-state index contributed by atoms with van der Waals surface area (Å²) < 4.78 is 1.67. The fourth-order valence-corrected chi connectivity index (χ4v) is 4.47. The molecule has 4 N–H and O–H groups in total. The molecule has 0 radical (unpaired) electrons. The van der Waals surface area contributed by atoms with Crippen LogP contribution in [-0.4, -0.2) is 20.4 Å². The Labute approximate surface area is 169 Å². The lowest BCUT2D eigenvalue weighted by atomic mass is 9.92. The lowest BCUT2D eigenvalue weighted by Crippen LogP contribution is -2.49. The fraction of sp³-hybridized carbons (Fsp3) is 0.429. The number of aromatic nitrogens is 3. The first kappa shape index (κ1) is 19.2. The molecule has 1 aliphatic carbocycles. The summed E-state index contributed by atoms with van der Waals surface area (Å²) in [6.07, 6.45) is 9.00. The van der Waals surface area contributed by atoms with Crippen molar-refractivity contribution >= 4 is 23.2 Å². The summed E-state index contributed by atoms with van der Waals surface area (Å²) in [6, 6.07) is 3.27. The number of amides is 1. The quantitative estimate of drug-likeness (QED) is 0.687. The Bertz CT molecular complexity index is 1060. The molecule has 2 aromatic heterocycles. The lowest BCUT2D eigenvalue weighted by Gasteiger charge is -2.34. The number of allylic oxidation sites excluding steroid dienone is 1. The van der Waals surface area contributed by atoms with Crippen molar-refractivity contribution in [2.24, 2.45) is 0 Å². The molecule has 2 aromatic rings. The average Bonchev–Trinajstić information content (AvgIpc) is 2.84. The number of rotatable bonds is 4. The molecule has 2 aliphatic rings. The van der Waals surface area contributed by atoms with Crippen molar-refractivity contribution in [3.63, 3.8) is 0 Å². The second-order valence-electron chi connectivity index (χ2n) is 7.72. The minimum atomic E-state index is -0.789. The van der Waals surface area contributed by atoms with E-state index in [2.05, 4.69) is 33.6 Å². The van der Waals surface area contributed by atoms with Gasteiger partial charge in [-0.1, -0.05) is 19.4 Å². The van der Waals surface area contributed by atoms with Gasteiger partial charge in [0.25, 0.3) is 11.5 Å². The number of pyridine rings is 1. The number of nitrogens with zero attached hydrogens (tertiary/aromatic N) is 3. The molecular weight excluding hydrogens is 368 g/mol. The summed E-state index contributed by atoms with van der Waals surface area (Å²) in [5.74, 6) is 0.554. The number of hydrogen-bond acceptors (Lipinski definition) is 6. The first-order valence-electron chi connectivity index (χ1n) is 10.1. The number of aryl methyl sites for hydroxylation is 1. The molecule has 0 saturated carbocycles. The van der Waals surface area contributed by atoms with Crippen molar-refractivity contribution < 1.29 is 4.79 Å². The summed E-state index contributed by atoms with van der Waals surface area (Å²) >= 11 is 0. The summed E-state index contributed by atoms with van der Waals surface area (Å²) in [5.41, 5.74) is 7.36. The predicted octanol–water partition coefficient (Wildman–Crippen LogP) is 2.97. The smallest absolute Gasteiger partial charge is 0.277 e. The Morgan fingerprint density at radius 3 is 2.86 bits per heavy atom. The van der Waals surface area contributed by atoms with Gasteiger partial charge < -0.3 is 16.4 Å². The molecule has 1 spiro atoms. The van der Waals surface area contributed by atoms with Crippen molar-refractivity contribution in [3.05, 3.63) is 51.7 Å². The lowest BCUT2D eigenvalue weighted by molar-refractivity contribution is 0.0927. The molecule has 3 heterocycles. The van der Waals surface area contributed by atoms with E-state index in [1.165, 1.54) is 6.33 Å². The van der Waals surface area contributed by atoms with E-state index in [0.717, 1.165) is 43.2 Å². The van der Waals surface area contributed by atoms with Gasteiger partial charge in [0.15, 0.2) is 0 Å². The van der Waals surface area contributed by atoms with Crippen molar-refractivity contribution in [2.45, 2.75) is 58.0 Å². The molecule has 1 aliphatic heterocycles. The van der Waals surface area contributed by atoms with E-state index < -0.39 is 5.66 Å². The Hall–Kier alpha value is -3.16. The topological polar surface area (TPSA) is 115 Å². The number of nitrogens with two attached hydrogens (primary N) is 1. The van der Waals surface area contributed by atoms with Gasteiger partial charge in [0, 0.05) is 6.07 Å². The highest BCUT2D eigenvalue weighted by Crippen LogP contribution is 2.39. The highest BCUT2D eigenvalue weighted by Gasteiger charge is 2.47. The van der Waals surface area contributed by atoms with Gasteiger partial charge in [0.1, 0.15) is 35.0 Å². The van der Waals surface area contributed by atoms with Crippen LogP contribution in [-0.2, 0) is 5.66 Å². The largest absolute Gasteiger partial charge is 0.384 e. The highest BCUT2D eigenvalue weighted by molar-refractivity contribution is 5.97. The summed E-state index contributed by atoms with van der Waals surface area (Å²) in [7, 11) is 0. The van der Waals surface area contributed by atoms with Crippen LogP contribution < -0.4 is 21.9 Å². The zero-order valence-corrected chi connectivity index (χ0v) is 16.8. The van der Waals surface area contributed by atoms with Gasteiger partial charge in [-0.15, -0.1) is 0 Å². The van der Waals surface area contributed by atoms with Gasteiger partial charge in [0.2, 0.25) is 0 Å². The normalized spacial score (nSPS) is 20.8. The third kappa shape index (κ3) is 3.18. The second-order valence-corrected chi connectivity index (χ2v) is 7.72. The highest BCUT2D eigenvalue weighted by atomic mass is 16.2. The van der Waals surface area contributed by atoms with E-state index in [9.17, 15) is 9.59 Å². The zero-order valence-electron chi connectivity index (χ0n) is 16.8. The first-order chi connectivity index (χ1) is 14.0. The average molecular weight is 394 g/mol. The van der Waals surface area contributed by atoms with Crippen molar-refractivity contribution in [2.75, 3.05) is 11.1 Å². The monoisotopic (exact) mass is 394 g/mol. The van der Waals surface area contributed by atoms with Crippen molar-refractivity contribution in [3.8, 4) is 0 Å². The van der Waals surface area contributed by atoms with Gasteiger partial charge in [-0.25, -0.2) is 9.97 Å². The number of nitrogen functional groups attached to an aromatic ring is 1. The number of nitrogens with one attached hydrogen (secondary N) is 2. The maximum Gasteiger partial charge on any atom is 0.277 e. The summed E-state index contributed by atoms with van der Waals surface area (Å²) in [5, 5.41) is 6.23. The first-order valence-corrected chi connectivity index (χ1v) is 10.1. The third-order valence-electron chi connectivity index (χ3n) is 5.69. The molecule has 29 heavy (non-hydrogen) atoms. The van der Waals surface area contributed by atoms with E-state index in [-0.39, 0.29) is 11.5 Å². The summed E-state index contributed by atoms with van der Waals surface area (Å²) in [4.78, 5) is 34.5. The molecular formula is C21H26N6O2. The van der Waals surface area contributed by atoms with Crippen LogP contribution in [0.25, 0.3) is 0 Å². The van der Waals surface area contributed by atoms with Crippen LogP contribution in [0, 0.1) is 6.92 Å². The standard InChI is InChI=1S/C21H26N6O2/c1-3-7-14-8-5-4-6-9-21(14)26-19(28)18-13(2)10-15(20(29)27(18)21)25-17-11-16(22)23-12-24-17/h8,10-12H,3-7,9H2,1-2H3,(H,26,28)(H3,22,23,24,25). The molecule has 1 atom stereocenters. The minimum Gasteiger partial charge on any atom is -0.384 e. The predicted molar refractivity (Wildman–Crippen MR) is 112 cm³/mol. The van der Waals surface area contributed by atoms with Crippen molar-refractivity contribution in [1.29, 1.82) is 0 Å². The molecule has 0 bridgehead atoms. The number of carbonyl (C=O) groups excluding carboxylic acids is 1. The number of anilines is 3. The maximum absolute atomic E-state index is 13.6. The third-order valence-corrected chi connectivity index (χ3v) is 5.69. The number of carbonyl (C=O) groups is 1. The maximum atomic E-state index is 13.6. The second kappa shape index (κ2) is 7.35. The molecule has 8 nitrogen and oxygen atoms in total. The van der Waals surface area contributed by atoms with Crippen LogP contribution in [0.3, 0.4) is 0 Å².